The van der Waals surface area contributed by atoms with Crippen LogP contribution in [0.4, 0.5) is 0 Å². The lowest BCUT2D eigenvalue weighted by Gasteiger charge is -1.96. The molecule has 36 valence electrons. The predicted octanol–water partition coefficient (Wildman–Crippen LogP) is 1.49. The van der Waals surface area contributed by atoms with E-state index in [9.17, 15) is 0 Å². The first-order chi connectivity index (χ1) is 2.81. The van der Waals surface area contributed by atoms with Gasteiger partial charge in [0.25, 0.3) is 0 Å². The molecule has 0 rings (SSSR count). The van der Waals surface area contributed by atoms with Gasteiger partial charge in [-0.3, -0.25) is 0 Å². The van der Waals surface area contributed by atoms with E-state index in [1.165, 1.54) is 6.42 Å². The molecule has 0 aliphatic heterocycles. The molecule has 0 spiro atoms. The van der Waals surface area contributed by atoms with E-state index in [2.05, 4.69) is 26.3 Å². The average Bonchev–Trinajstić information content (AvgIpc) is 1.65. The molecule has 0 heterocycles. The third kappa shape index (κ3) is 2.64. The van der Waals surface area contributed by atoms with Crippen molar-refractivity contribution in [1.29, 1.82) is 0 Å². The Balaban J connectivity index is 2.75. The van der Waals surface area contributed by atoms with Gasteiger partial charge in [-0.05, 0) is 0 Å². The molecule has 0 aromatic heterocycles. The predicted molar refractivity (Wildman–Crippen MR) is 35.9 cm³/mol. The Kier molecular flexibility index (Phi) is 3.85. The fraction of sp³-hybridized carbons (Fsp3) is 1.00. The van der Waals surface area contributed by atoms with E-state index in [0.717, 1.165) is 12.4 Å². The van der Waals surface area contributed by atoms with Crippen LogP contribution in [-0.2, 0) is 0 Å². The summed E-state index contributed by atoms with van der Waals surface area (Å²) in [6, 6.07) is 0. The third-order valence-electron chi connectivity index (χ3n) is 1.01. The molecule has 1 unspecified atom stereocenters. The monoisotopic (exact) mass is 102 g/mol. The van der Waals surface area contributed by atoms with E-state index in [0.29, 0.717) is 0 Å². The van der Waals surface area contributed by atoms with E-state index in [4.69, 9.17) is 0 Å². The van der Waals surface area contributed by atoms with E-state index in [1.807, 2.05) is 0 Å². The van der Waals surface area contributed by atoms with Gasteiger partial charge in [-0.25, -0.2) is 12.5 Å². The SMILES string of the molecule is CCC(C)BS. The highest BCUT2D eigenvalue weighted by molar-refractivity contribution is 8.06. The quantitative estimate of drug-likeness (QED) is 0.396. The van der Waals surface area contributed by atoms with Crippen LogP contribution in [-0.4, -0.2) is 6.56 Å². The summed E-state index contributed by atoms with van der Waals surface area (Å²) in [5.41, 5.74) is 0. The molecule has 0 aliphatic rings. The highest BCUT2D eigenvalue weighted by atomic mass is 32.1. The van der Waals surface area contributed by atoms with Crippen LogP contribution in [0.1, 0.15) is 20.3 Å². The lowest BCUT2D eigenvalue weighted by Crippen LogP contribution is -1.86. The van der Waals surface area contributed by atoms with Crippen LogP contribution in [0.3, 0.4) is 0 Å². The van der Waals surface area contributed by atoms with Crippen molar-refractivity contribution < 1.29 is 0 Å². The average molecular weight is 102 g/mol. The summed E-state index contributed by atoms with van der Waals surface area (Å²) < 4.78 is 0. The Morgan fingerprint density at radius 1 is 1.83 bits per heavy atom. The van der Waals surface area contributed by atoms with Crippen molar-refractivity contribution in [2.75, 3.05) is 0 Å². The minimum Gasteiger partial charge on any atom is -0.231 e. The zero-order valence-corrected chi connectivity index (χ0v) is 5.33. The standard InChI is InChI=1S/C4H11BS/c1-3-4(2)5-6/h4-6H,3H2,1-2H3. The fourth-order valence-corrected chi connectivity index (χ4v) is 0.387. The smallest absolute Gasteiger partial charge is 0.190 e. The molecule has 1 atom stereocenters. The van der Waals surface area contributed by atoms with Crippen LogP contribution in [0.2, 0.25) is 5.82 Å². The molecule has 0 aromatic rings. The molecule has 0 fully saturated rings. The molecule has 6 heavy (non-hydrogen) atoms. The highest BCUT2D eigenvalue weighted by Crippen LogP contribution is 2.05. The van der Waals surface area contributed by atoms with Crippen LogP contribution >= 0.6 is 12.5 Å². The number of hydrogen-bond donors (Lipinski definition) is 1. The van der Waals surface area contributed by atoms with Gasteiger partial charge in [0.15, 0.2) is 6.56 Å². The van der Waals surface area contributed by atoms with Crippen molar-refractivity contribution in [1.82, 2.24) is 0 Å². The summed E-state index contributed by atoms with van der Waals surface area (Å²) in [5.74, 6) is 0.799. The molecular formula is C4H11BS. The Morgan fingerprint density at radius 3 is 2.33 bits per heavy atom. The molecule has 0 bridgehead atoms. The van der Waals surface area contributed by atoms with Crippen molar-refractivity contribution in [3.63, 3.8) is 0 Å². The first-order valence-electron chi connectivity index (χ1n) is 2.42. The van der Waals surface area contributed by atoms with Gasteiger partial charge >= 0.3 is 0 Å². The van der Waals surface area contributed by atoms with E-state index in [1.54, 1.807) is 0 Å². The van der Waals surface area contributed by atoms with Gasteiger partial charge in [0.05, 0.1) is 0 Å². The van der Waals surface area contributed by atoms with Crippen molar-refractivity contribution in [2.45, 2.75) is 26.1 Å². The summed E-state index contributed by atoms with van der Waals surface area (Å²) in [5, 5.41) is 0. The molecular weight excluding hydrogens is 90.9 g/mol. The molecule has 0 aromatic carbocycles. The van der Waals surface area contributed by atoms with Gasteiger partial charge in [0.1, 0.15) is 0 Å². The first-order valence-corrected chi connectivity index (χ1v) is 3.05. The highest BCUT2D eigenvalue weighted by Gasteiger charge is 1.92. The maximum Gasteiger partial charge on any atom is 0.190 e. The number of hydrogen-bond acceptors (Lipinski definition) is 1. The van der Waals surface area contributed by atoms with Crippen molar-refractivity contribution in [3.05, 3.63) is 0 Å². The van der Waals surface area contributed by atoms with Crippen LogP contribution in [0, 0.1) is 0 Å². The third-order valence-corrected chi connectivity index (χ3v) is 1.63. The Hall–Kier alpha value is 0.415. The van der Waals surface area contributed by atoms with Gasteiger partial charge in [-0.15, -0.1) is 0 Å². The Bertz CT molecular complexity index is 26.7. The second kappa shape index (κ2) is 3.60. The second-order valence-corrected chi connectivity index (χ2v) is 2.06. The van der Waals surface area contributed by atoms with Crippen molar-refractivity contribution >= 4 is 19.0 Å². The Labute approximate surface area is 45.9 Å². The second-order valence-electron chi connectivity index (χ2n) is 1.70. The molecule has 2 heteroatoms. The van der Waals surface area contributed by atoms with Crippen LogP contribution < -0.4 is 0 Å². The summed E-state index contributed by atoms with van der Waals surface area (Å²) in [4.78, 5) is 0. The summed E-state index contributed by atoms with van der Waals surface area (Å²) in [7, 11) is 0. The van der Waals surface area contributed by atoms with Gasteiger partial charge in [0, 0.05) is 0 Å². The van der Waals surface area contributed by atoms with E-state index >= 15 is 0 Å². The molecule has 0 saturated heterocycles. The van der Waals surface area contributed by atoms with Gasteiger partial charge in [-0.1, -0.05) is 26.1 Å². The van der Waals surface area contributed by atoms with E-state index < -0.39 is 0 Å². The van der Waals surface area contributed by atoms with Crippen molar-refractivity contribution in [3.8, 4) is 0 Å². The van der Waals surface area contributed by atoms with Crippen LogP contribution in [0.15, 0.2) is 0 Å². The lowest BCUT2D eigenvalue weighted by molar-refractivity contribution is 0.878. The van der Waals surface area contributed by atoms with Crippen LogP contribution in [0.5, 0.6) is 0 Å². The largest absolute Gasteiger partial charge is 0.231 e. The van der Waals surface area contributed by atoms with Crippen LogP contribution in [0.25, 0.3) is 0 Å². The maximum absolute atomic E-state index is 4.10. The van der Waals surface area contributed by atoms with E-state index in [-0.39, 0.29) is 0 Å². The minimum absolute atomic E-state index is 0.799. The molecule has 0 nitrogen and oxygen atoms in total. The molecule has 0 amide bonds. The fourth-order valence-electron chi connectivity index (χ4n) is 0.129. The minimum atomic E-state index is 0.799. The van der Waals surface area contributed by atoms with Gasteiger partial charge < -0.3 is 0 Å². The molecule has 0 N–H and O–H groups in total. The molecule has 0 saturated carbocycles. The summed E-state index contributed by atoms with van der Waals surface area (Å²) >= 11 is 4.10. The zero-order chi connectivity index (χ0) is 4.99. The maximum atomic E-state index is 4.10. The topological polar surface area (TPSA) is 0 Å². The zero-order valence-electron chi connectivity index (χ0n) is 4.44. The number of thiol groups is 1. The Morgan fingerprint density at radius 2 is 2.33 bits per heavy atom. The normalized spacial score (nSPS) is 13.8. The summed E-state index contributed by atoms with van der Waals surface area (Å²) in [6.45, 7) is 5.41. The van der Waals surface area contributed by atoms with Gasteiger partial charge in [0.2, 0.25) is 0 Å². The number of rotatable bonds is 2. The van der Waals surface area contributed by atoms with Crippen molar-refractivity contribution in [2.24, 2.45) is 0 Å². The molecule has 0 aliphatic carbocycles. The lowest BCUT2D eigenvalue weighted by atomic mass is 9.86. The first kappa shape index (κ1) is 6.41. The van der Waals surface area contributed by atoms with Gasteiger partial charge in [-0.2, -0.15) is 0 Å². The summed E-state index contributed by atoms with van der Waals surface area (Å²) in [6.07, 6.45) is 1.25. The molecule has 0 radical (unpaired) electrons.